The maximum atomic E-state index is 12.4. The Bertz CT molecular complexity index is 569. The quantitative estimate of drug-likeness (QED) is 0.874. The average Bonchev–Trinajstić information content (AvgIpc) is 2.49. The van der Waals surface area contributed by atoms with E-state index < -0.39 is 0 Å². The van der Waals surface area contributed by atoms with Gasteiger partial charge in [-0.3, -0.25) is 4.79 Å². The summed E-state index contributed by atoms with van der Waals surface area (Å²) < 4.78 is 0. The first kappa shape index (κ1) is 14.5. The molecule has 0 spiro atoms. The Labute approximate surface area is 123 Å². The van der Waals surface area contributed by atoms with Crippen LogP contribution in [0.15, 0.2) is 59.5 Å². The van der Waals surface area contributed by atoms with Crippen LogP contribution in [0.25, 0.3) is 0 Å². The predicted molar refractivity (Wildman–Crippen MR) is 83.3 cm³/mol. The number of carbonyl (C=O) groups is 1. The molecule has 1 amide bonds. The molecule has 1 atom stereocenters. The van der Waals surface area contributed by atoms with Crippen molar-refractivity contribution >= 4 is 23.4 Å². The van der Waals surface area contributed by atoms with E-state index in [2.05, 4.69) is 0 Å². The summed E-state index contributed by atoms with van der Waals surface area (Å²) in [7, 11) is 1.78. The molecule has 0 saturated carbocycles. The normalized spacial score (nSPS) is 11.9. The molecule has 0 aliphatic rings. The second kappa shape index (κ2) is 6.48. The lowest BCUT2D eigenvalue weighted by atomic mass is 10.3. The number of anilines is 1. The van der Waals surface area contributed by atoms with Gasteiger partial charge in [0, 0.05) is 17.6 Å². The number of thioether (sulfide) groups is 1. The summed E-state index contributed by atoms with van der Waals surface area (Å²) in [4.78, 5) is 15.0. The van der Waals surface area contributed by atoms with Crippen LogP contribution in [0.5, 0.6) is 5.75 Å². The zero-order valence-electron chi connectivity index (χ0n) is 11.5. The first-order chi connectivity index (χ1) is 9.58. The first-order valence-electron chi connectivity index (χ1n) is 6.36. The number of hydrogen-bond donors (Lipinski definition) is 1. The van der Waals surface area contributed by atoms with E-state index in [1.54, 1.807) is 24.1 Å². The number of para-hydroxylation sites is 1. The molecule has 2 aromatic carbocycles. The number of benzene rings is 2. The van der Waals surface area contributed by atoms with E-state index in [1.165, 1.54) is 11.8 Å². The largest absolute Gasteiger partial charge is 0.508 e. The Morgan fingerprint density at radius 3 is 2.30 bits per heavy atom. The molecule has 1 N–H and O–H groups in total. The highest BCUT2D eigenvalue weighted by molar-refractivity contribution is 8.00. The molecule has 104 valence electrons. The van der Waals surface area contributed by atoms with Crippen LogP contribution in [-0.4, -0.2) is 23.3 Å². The van der Waals surface area contributed by atoms with Crippen LogP contribution >= 0.6 is 11.8 Å². The van der Waals surface area contributed by atoms with E-state index >= 15 is 0 Å². The predicted octanol–water partition coefficient (Wildman–Crippen LogP) is 3.54. The van der Waals surface area contributed by atoms with E-state index in [0.29, 0.717) is 0 Å². The maximum Gasteiger partial charge on any atom is 0.239 e. The number of phenolic OH excluding ortho intramolecular Hbond substituents is 1. The molecule has 2 aromatic rings. The summed E-state index contributed by atoms with van der Waals surface area (Å²) >= 11 is 1.48. The summed E-state index contributed by atoms with van der Waals surface area (Å²) in [6, 6.07) is 16.5. The minimum atomic E-state index is -0.190. The van der Waals surface area contributed by atoms with Crippen molar-refractivity contribution in [3.63, 3.8) is 0 Å². The minimum absolute atomic E-state index is 0.0503. The van der Waals surface area contributed by atoms with E-state index in [0.717, 1.165) is 10.6 Å². The van der Waals surface area contributed by atoms with Crippen molar-refractivity contribution in [3.05, 3.63) is 54.6 Å². The van der Waals surface area contributed by atoms with Gasteiger partial charge in [-0.15, -0.1) is 11.8 Å². The fourth-order valence-corrected chi connectivity index (χ4v) is 2.79. The lowest BCUT2D eigenvalue weighted by Gasteiger charge is -2.21. The van der Waals surface area contributed by atoms with E-state index in [9.17, 15) is 9.90 Å². The van der Waals surface area contributed by atoms with Gasteiger partial charge in [0.05, 0.1) is 5.25 Å². The topological polar surface area (TPSA) is 40.5 Å². The molecule has 0 aliphatic heterocycles. The summed E-state index contributed by atoms with van der Waals surface area (Å²) in [6.45, 7) is 1.89. The Hall–Kier alpha value is -1.94. The van der Waals surface area contributed by atoms with Gasteiger partial charge in [0.2, 0.25) is 5.91 Å². The zero-order valence-corrected chi connectivity index (χ0v) is 12.3. The minimum Gasteiger partial charge on any atom is -0.508 e. The monoisotopic (exact) mass is 287 g/mol. The number of phenols is 1. The van der Waals surface area contributed by atoms with Gasteiger partial charge in [-0.2, -0.15) is 0 Å². The second-order valence-electron chi connectivity index (χ2n) is 4.49. The maximum absolute atomic E-state index is 12.4. The average molecular weight is 287 g/mol. The Balaban J connectivity index is 2.03. The zero-order chi connectivity index (χ0) is 14.5. The molecule has 1 unspecified atom stereocenters. The third-order valence-electron chi connectivity index (χ3n) is 2.97. The molecule has 4 heteroatoms. The van der Waals surface area contributed by atoms with E-state index in [4.69, 9.17) is 0 Å². The third-order valence-corrected chi connectivity index (χ3v) is 4.07. The Morgan fingerprint density at radius 2 is 1.70 bits per heavy atom. The summed E-state index contributed by atoms with van der Waals surface area (Å²) in [6.07, 6.45) is 0. The van der Waals surface area contributed by atoms with Gasteiger partial charge in [-0.1, -0.05) is 18.2 Å². The van der Waals surface area contributed by atoms with Crippen LogP contribution in [0.3, 0.4) is 0 Å². The van der Waals surface area contributed by atoms with Crippen LogP contribution in [0.4, 0.5) is 5.69 Å². The highest BCUT2D eigenvalue weighted by Crippen LogP contribution is 2.27. The standard InChI is InChI=1S/C16H17NO2S/c1-12(20-15-10-8-14(18)9-11-15)16(19)17(2)13-6-4-3-5-7-13/h3-12,18H,1-2H3. The fourth-order valence-electron chi connectivity index (χ4n) is 1.83. The first-order valence-corrected chi connectivity index (χ1v) is 7.24. The van der Waals surface area contributed by atoms with Crippen molar-refractivity contribution in [2.75, 3.05) is 11.9 Å². The van der Waals surface area contributed by atoms with E-state index in [-0.39, 0.29) is 16.9 Å². The highest BCUT2D eigenvalue weighted by Gasteiger charge is 2.19. The molecule has 20 heavy (non-hydrogen) atoms. The molecule has 0 bridgehead atoms. The van der Waals surface area contributed by atoms with Crippen LogP contribution in [0.1, 0.15) is 6.92 Å². The van der Waals surface area contributed by atoms with Crippen molar-refractivity contribution < 1.29 is 9.90 Å². The van der Waals surface area contributed by atoms with Gasteiger partial charge in [-0.25, -0.2) is 0 Å². The molecule has 0 fully saturated rings. The van der Waals surface area contributed by atoms with Gasteiger partial charge in [-0.05, 0) is 43.3 Å². The number of hydrogen-bond acceptors (Lipinski definition) is 3. The van der Waals surface area contributed by atoms with Crippen molar-refractivity contribution in [2.45, 2.75) is 17.1 Å². The lowest BCUT2D eigenvalue weighted by Crippen LogP contribution is -2.33. The van der Waals surface area contributed by atoms with Crippen LogP contribution in [0.2, 0.25) is 0 Å². The third kappa shape index (κ3) is 3.54. The molecule has 2 rings (SSSR count). The fraction of sp³-hybridized carbons (Fsp3) is 0.188. The molecular weight excluding hydrogens is 270 g/mol. The molecule has 0 aliphatic carbocycles. The smallest absolute Gasteiger partial charge is 0.239 e. The molecule has 0 saturated heterocycles. The molecule has 0 aromatic heterocycles. The number of amides is 1. The molecule has 0 radical (unpaired) electrons. The highest BCUT2D eigenvalue weighted by atomic mass is 32.2. The number of aromatic hydroxyl groups is 1. The van der Waals surface area contributed by atoms with Gasteiger partial charge in [0.1, 0.15) is 5.75 Å². The summed E-state index contributed by atoms with van der Waals surface area (Å²) in [5, 5.41) is 9.06. The van der Waals surface area contributed by atoms with Crippen LogP contribution in [0, 0.1) is 0 Å². The Kier molecular flexibility index (Phi) is 4.69. The molecule has 0 heterocycles. The second-order valence-corrected chi connectivity index (χ2v) is 5.90. The summed E-state index contributed by atoms with van der Waals surface area (Å²) in [5.41, 5.74) is 0.885. The van der Waals surface area contributed by atoms with Crippen molar-refractivity contribution in [1.29, 1.82) is 0 Å². The van der Waals surface area contributed by atoms with E-state index in [1.807, 2.05) is 49.4 Å². The number of carbonyl (C=O) groups excluding carboxylic acids is 1. The van der Waals surface area contributed by atoms with Crippen LogP contribution < -0.4 is 4.90 Å². The van der Waals surface area contributed by atoms with Crippen molar-refractivity contribution in [2.24, 2.45) is 0 Å². The number of nitrogens with zero attached hydrogens (tertiary/aromatic N) is 1. The van der Waals surface area contributed by atoms with Crippen LogP contribution in [-0.2, 0) is 4.79 Å². The summed E-state index contributed by atoms with van der Waals surface area (Å²) in [5.74, 6) is 0.281. The van der Waals surface area contributed by atoms with Gasteiger partial charge < -0.3 is 10.0 Å². The Morgan fingerprint density at radius 1 is 1.10 bits per heavy atom. The number of rotatable bonds is 4. The molecule has 3 nitrogen and oxygen atoms in total. The lowest BCUT2D eigenvalue weighted by molar-refractivity contribution is -0.117. The van der Waals surface area contributed by atoms with Crippen molar-refractivity contribution in [3.8, 4) is 5.75 Å². The molecular formula is C16H17NO2S. The SMILES string of the molecule is CC(Sc1ccc(O)cc1)C(=O)N(C)c1ccccc1. The van der Waals surface area contributed by atoms with Gasteiger partial charge in [0.25, 0.3) is 0 Å². The van der Waals surface area contributed by atoms with Crippen molar-refractivity contribution in [1.82, 2.24) is 0 Å². The van der Waals surface area contributed by atoms with Gasteiger partial charge in [0.15, 0.2) is 0 Å². The van der Waals surface area contributed by atoms with Gasteiger partial charge >= 0.3 is 0 Å².